The van der Waals surface area contributed by atoms with Crippen molar-refractivity contribution in [1.29, 1.82) is 0 Å². The average Bonchev–Trinajstić information content (AvgIpc) is 2.78. The number of hydrogen-bond donors (Lipinski definition) is 1. The highest BCUT2D eigenvalue weighted by molar-refractivity contribution is 6.31. The lowest BCUT2D eigenvalue weighted by molar-refractivity contribution is -0.119. The molecule has 0 aromatic heterocycles. The Bertz CT molecular complexity index is 1290. The number of rotatable bonds is 6. The summed E-state index contributed by atoms with van der Waals surface area (Å²) in [6.45, 7) is 2.14. The zero-order valence-corrected chi connectivity index (χ0v) is 18.8. The Morgan fingerprint density at radius 3 is 2.09 bits per heavy atom. The van der Waals surface area contributed by atoms with Gasteiger partial charge in [-0.2, -0.15) is 0 Å². The molecule has 0 heterocycles. The molecule has 0 saturated carbocycles. The van der Waals surface area contributed by atoms with Crippen molar-refractivity contribution in [2.45, 2.75) is 13.3 Å². The zero-order chi connectivity index (χ0) is 23.7. The van der Waals surface area contributed by atoms with Gasteiger partial charge < -0.3 is 10.2 Å². The van der Waals surface area contributed by atoms with Gasteiger partial charge in [-0.3, -0.25) is 19.2 Å². The molecule has 166 valence electrons. The topological polar surface area (TPSA) is 83.6 Å². The van der Waals surface area contributed by atoms with Crippen LogP contribution < -0.4 is 5.32 Å². The standard InChI is InChI=1S/C27H24N2O4/c1-16-8-10-17(11-9-16)27(33)28-24-18(14-19(30)15-29(2)3)12-13-22-23(24)26(32)21-7-5-4-6-20(21)25(22)31/h4-13H,14-15H2,1-3H3,(H,28,33). The molecule has 0 radical (unpaired) electrons. The van der Waals surface area contributed by atoms with Crippen molar-refractivity contribution in [3.63, 3.8) is 0 Å². The second-order valence-electron chi connectivity index (χ2n) is 8.50. The van der Waals surface area contributed by atoms with Crippen LogP contribution in [0.1, 0.15) is 53.3 Å². The molecule has 6 nitrogen and oxygen atoms in total. The molecular formula is C27H24N2O4. The molecule has 0 bridgehead atoms. The first kappa shape index (κ1) is 22.3. The molecule has 1 aliphatic rings. The number of Topliss-reactive ketones (excluding diaryl/α,β-unsaturated/α-hetero) is 1. The van der Waals surface area contributed by atoms with Crippen LogP contribution in [0.15, 0.2) is 60.7 Å². The van der Waals surface area contributed by atoms with Gasteiger partial charge >= 0.3 is 0 Å². The van der Waals surface area contributed by atoms with E-state index in [1.165, 1.54) is 0 Å². The van der Waals surface area contributed by atoms with E-state index in [1.807, 2.05) is 19.1 Å². The normalized spacial score (nSPS) is 12.4. The number of hydrogen-bond acceptors (Lipinski definition) is 5. The monoisotopic (exact) mass is 440 g/mol. The van der Waals surface area contributed by atoms with Crippen LogP contribution in [0.3, 0.4) is 0 Å². The summed E-state index contributed by atoms with van der Waals surface area (Å²) >= 11 is 0. The van der Waals surface area contributed by atoms with Crippen LogP contribution in [0.4, 0.5) is 5.69 Å². The van der Waals surface area contributed by atoms with E-state index in [9.17, 15) is 19.2 Å². The van der Waals surface area contributed by atoms with Gasteiger partial charge in [-0.25, -0.2) is 0 Å². The lowest BCUT2D eigenvalue weighted by atomic mass is 9.81. The highest BCUT2D eigenvalue weighted by Crippen LogP contribution is 2.35. The Labute approximate surface area is 192 Å². The van der Waals surface area contributed by atoms with Crippen LogP contribution in [0, 0.1) is 6.92 Å². The number of ketones is 3. The summed E-state index contributed by atoms with van der Waals surface area (Å²) < 4.78 is 0. The number of anilines is 1. The molecule has 1 aliphatic carbocycles. The minimum Gasteiger partial charge on any atom is -0.321 e. The molecule has 4 rings (SSSR count). The Balaban J connectivity index is 1.82. The molecule has 1 amide bonds. The number of nitrogens with zero attached hydrogens (tertiary/aromatic N) is 1. The van der Waals surface area contributed by atoms with Crippen LogP contribution >= 0.6 is 0 Å². The van der Waals surface area contributed by atoms with Gasteiger partial charge in [0.2, 0.25) is 0 Å². The first-order valence-electron chi connectivity index (χ1n) is 10.6. The van der Waals surface area contributed by atoms with Crippen molar-refractivity contribution in [3.05, 3.63) is 99.6 Å². The molecule has 3 aromatic rings. The summed E-state index contributed by atoms with van der Waals surface area (Å²) in [6.07, 6.45) is 0.0259. The lowest BCUT2D eigenvalue weighted by Crippen LogP contribution is -2.27. The van der Waals surface area contributed by atoms with E-state index in [-0.39, 0.29) is 52.7 Å². The number of benzene rings is 3. The number of amides is 1. The number of nitrogens with one attached hydrogen (secondary N) is 1. The summed E-state index contributed by atoms with van der Waals surface area (Å²) in [5, 5.41) is 2.84. The summed E-state index contributed by atoms with van der Waals surface area (Å²) in [5.41, 5.74) is 3.13. The number of carbonyl (C=O) groups excluding carboxylic acids is 4. The van der Waals surface area contributed by atoms with Crippen LogP contribution in [0.2, 0.25) is 0 Å². The van der Waals surface area contributed by atoms with Crippen LogP contribution in [-0.2, 0) is 11.2 Å². The molecular weight excluding hydrogens is 416 g/mol. The van der Waals surface area contributed by atoms with Crippen molar-refractivity contribution in [2.75, 3.05) is 26.0 Å². The summed E-state index contributed by atoms with van der Waals surface area (Å²) in [7, 11) is 3.59. The molecule has 33 heavy (non-hydrogen) atoms. The molecule has 3 aromatic carbocycles. The molecule has 0 aliphatic heterocycles. The maximum Gasteiger partial charge on any atom is 0.255 e. The molecule has 0 fully saturated rings. The number of aryl methyl sites for hydroxylation is 1. The fraction of sp³-hybridized carbons (Fsp3) is 0.185. The highest BCUT2D eigenvalue weighted by atomic mass is 16.2. The first-order valence-corrected chi connectivity index (χ1v) is 10.6. The van der Waals surface area contributed by atoms with Crippen molar-refractivity contribution in [1.82, 2.24) is 4.90 Å². The van der Waals surface area contributed by atoms with Crippen LogP contribution in [0.25, 0.3) is 0 Å². The van der Waals surface area contributed by atoms with Gasteiger partial charge in [0.05, 0.1) is 17.8 Å². The van der Waals surface area contributed by atoms with Gasteiger partial charge in [0.15, 0.2) is 17.3 Å². The Morgan fingerprint density at radius 1 is 0.818 bits per heavy atom. The second kappa shape index (κ2) is 8.92. The predicted molar refractivity (Wildman–Crippen MR) is 126 cm³/mol. The first-order chi connectivity index (χ1) is 15.8. The third-order valence-electron chi connectivity index (χ3n) is 5.61. The predicted octanol–water partition coefficient (Wildman–Crippen LogP) is 3.70. The largest absolute Gasteiger partial charge is 0.321 e. The summed E-state index contributed by atoms with van der Waals surface area (Å²) in [4.78, 5) is 54.0. The lowest BCUT2D eigenvalue weighted by Gasteiger charge is -2.23. The van der Waals surface area contributed by atoms with E-state index in [0.717, 1.165) is 5.56 Å². The molecule has 0 atom stereocenters. The van der Waals surface area contributed by atoms with E-state index in [2.05, 4.69) is 5.32 Å². The van der Waals surface area contributed by atoms with E-state index in [0.29, 0.717) is 16.7 Å². The van der Waals surface area contributed by atoms with Gasteiger partial charge in [-0.15, -0.1) is 0 Å². The zero-order valence-electron chi connectivity index (χ0n) is 18.8. The fourth-order valence-corrected chi connectivity index (χ4v) is 4.03. The Morgan fingerprint density at radius 2 is 1.45 bits per heavy atom. The van der Waals surface area contributed by atoms with E-state index < -0.39 is 5.91 Å². The van der Waals surface area contributed by atoms with Crippen LogP contribution in [0.5, 0.6) is 0 Å². The summed E-state index contributed by atoms with van der Waals surface area (Å²) in [5.74, 6) is -1.11. The molecule has 1 N–H and O–H groups in total. The second-order valence-corrected chi connectivity index (χ2v) is 8.50. The number of fused-ring (bicyclic) bond motifs is 2. The average molecular weight is 440 g/mol. The fourth-order valence-electron chi connectivity index (χ4n) is 4.03. The van der Waals surface area contributed by atoms with Crippen molar-refractivity contribution in [2.24, 2.45) is 0 Å². The van der Waals surface area contributed by atoms with Crippen molar-refractivity contribution in [3.8, 4) is 0 Å². The Hall–Kier alpha value is -3.90. The number of likely N-dealkylation sites (N-methyl/N-ethyl adjacent to an activating group) is 1. The third kappa shape index (κ3) is 4.38. The highest BCUT2D eigenvalue weighted by Gasteiger charge is 2.33. The molecule has 0 spiro atoms. The maximum absolute atomic E-state index is 13.5. The van der Waals surface area contributed by atoms with E-state index in [4.69, 9.17) is 0 Å². The number of carbonyl (C=O) groups is 4. The Kier molecular flexibility index (Phi) is 6.03. The van der Waals surface area contributed by atoms with E-state index in [1.54, 1.807) is 67.5 Å². The third-order valence-corrected chi connectivity index (χ3v) is 5.61. The summed E-state index contributed by atoms with van der Waals surface area (Å²) in [6, 6.07) is 16.9. The molecule has 6 heteroatoms. The quantitative estimate of drug-likeness (QED) is 0.494. The van der Waals surface area contributed by atoms with Gasteiger partial charge in [-0.1, -0.05) is 48.0 Å². The smallest absolute Gasteiger partial charge is 0.255 e. The molecule has 0 unspecified atom stereocenters. The van der Waals surface area contributed by atoms with Crippen LogP contribution in [-0.4, -0.2) is 48.8 Å². The van der Waals surface area contributed by atoms with Gasteiger partial charge in [0, 0.05) is 28.7 Å². The van der Waals surface area contributed by atoms with Crippen molar-refractivity contribution < 1.29 is 19.2 Å². The SMILES string of the molecule is Cc1ccc(C(=O)Nc2c(CC(=O)CN(C)C)ccc3c2C(=O)c2ccccc2C3=O)cc1. The van der Waals surface area contributed by atoms with Gasteiger partial charge in [-0.05, 0) is 44.8 Å². The van der Waals surface area contributed by atoms with Crippen molar-refractivity contribution >= 4 is 28.9 Å². The van der Waals surface area contributed by atoms with Gasteiger partial charge in [0.1, 0.15) is 0 Å². The maximum atomic E-state index is 13.5. The van der Waals surface area contributed by atoms with Gasteiger partial charge in [0.25, 0.3) is 5.91 Å². The minimum absolute atomic E-state index is 0.0259. The molecule has 0 saturated heterocycles. The minimum atomic E-state index is -0.413. The van der Waals surface area contributed by atoms with E-state index >= 15 is 0 Å².